The fraction of sp³-hybridized carbons (Fsp3) is 0.250. The third kappa shape index (κ3) is 2.82. The minimum atomic E-state index is -0.103. The number of nitrogens with one attached hydrogen (secondary N) is 1. The highest BCUT2D eigenvalue weighted by Gasteiger charge is 2.29. The van der Waals surface area contributed by atoms with Crippen molar-refractivity contribution in [3.05, 3.63) is 41.9 Å². The fourth-order valence-electron chi connectivity index (χ4n) is 2.28. The van der Waals surface area contributed by atoms with Gasteiger partial charge in [-0.05, 0) is 36.8 Å². The highest BCUT2D eigenvalue weighted by Crippen LogP contribution is 2.15. The van der Waals surface area contributed by atoms with Crippen molar-refractivity contribution < 1.29 is 4.79 Å². The number of nitrogens with zero attached hydrogens (tertiary/aromatic N) is 3. The summed E-state index contributed by atoms with van der Waals surface area (Å²) in [5.41, 5.74) is 2.71. The topological polar surface area (TPSA) is 58.1 Å². The van der Waals surface area contributed by atoms with E-state index in [1.54, 1.807) is 17.2 Å². The molecule has 22 heavy (non-hydrogen) atoms. The van der Waals surface area contributed by atoms with Crippen molar-refractivity contribution in [2.45, 2.75) is 19.8 Å². The van der Waals surface area contributed by atoms with Crippen LogP contribution in [0.15, 0.2) is 36.2 Å². The molecule has 5 nitrogen and oxygen atoms in total. The van der Waals surface area contributed by atoms with Crippen LogP contribution in [-0.4, -0.2) is 32.4 Å². The Hall–Kier alpha value is -2.34. The van der Waals surface area contributed by atoms with Crippen LogP contribution >= 0.6 is 12.2 Å². The zero-order valence-electron chi connectivity index (χ0n) is 12.2. The largest absolute Gasteiger partial charge is 0.328 e. The molecular formula is C16H16N4OS. The average molecular weight is 312 g/mol. The number of fused-ring (bicyclic) bond motifs is 1. The summed E-state index contributed by atoms with van der Waals surface area (Å²) < 4.78 is 0. The first-order valence-corrected chi connectivity index (χ1v) is 7.66. The van der Waals surface area contributed by atoms with Crippen molar-refractivity contribution in [3.63, 3.8) is 0 Å². The van der Waals surface area contributed by atoms with Crippen molar-refractivity contribution in [1.29, 1.82) is 0 Å². The average Bonchev–Trinajstić information content (AvgIpc) is 2.79. The number of carbonyl (C=O) groups excluding carboxylic acids is 1. The Morgan fingerprint density at radius 2 is 2.09 bits per heavy atom. The van der Waals surface area contributed by atoms with Gasteiger partial charge in [-0.1, -0.05) is 25.5 Å². The van der Waals surface area contributed by atoms with Crippen LogP contribution in [0.3, 0.4) is 0 Å². The highest BCUT2D eigenvalue weighted by atomic mass is 32.1. The van der Waals surface area contributed by atoms with E-state index in [0.29, 0.717) is 23.0 Å². The summed E-state index contributed by atoms with van der Waals surface area (Å²) in [6.07, 6.45) is 5.29. The molecule has 2 heterocycles. The van der Waals surface area contributed by atoms with Crippen LogP contribution in [0.2, 0.25) is 0 Å². The molecule has 1 aromatic carbocycles. The Kier molecular flexibility index (Phi) is 4.11. The predicted molar refractivity (Wildman–Crippen MR) is 89.9 cm³/mol. The molecule has 0 saturated carbocycles. The van der Waals surface area contributed by atoms with Gasteiger partial charge in [0.1, 0.15) is 5.70 Å². The van der Waals surface area contributed by atoms with E-state index in [4.69, 9.17) is 12.2 Å². The Morgan fingerprint density at radius 1 is 1.32 bits per heavy atom. The maximum absolute atomic E-state index is 12.3. The van der Waals surface area contributed by atoms with Crippen LogP contribution in [0.4, 0.5) is 0 Å². The van der Waals surface area contributed by atoms with Gasteiger partial charge in [0.2, 0.25) is 0 Å². The minimum absolute atomic E-state index is 0.103. The Morgan fingerprint density at radius 3 is 2.86 bits per heavy atom. The van der Waals surface area contributed by atoms with E-state index < -0.39 is 0 Å². The molecule has 1 amide bonds. The zero-order valence-corrected chi connectivity index (χ0v) is 13.1. The number of hydrogen-bond acceptors (Lipinski definition) is 4. The molecule has 1 saturated heterocycles. The standard InChI is InChI=1S/C16H16N4OS/c1-2-3-8-20-15(21)14(19-16(20)22)9-11-10-17-12-6-4-5-7-13(12)18-11/h4-7,9-10H,2-3,8H2,1H3,(H,19,22). The van der Waals surface area contributed by atoms with Gasteiger partial charge in [-0.3, -0.25) is 14.7 Å². The Labute approximate surface area is 134 Å². The molecule has 3 rings (SSSR count). The fourth-order valence-corrected chi connectivity index (χ4v) is 2.56. The lowest BCUT2D eigenvalue weighted by atomic mass is 10.2. The number of benzene rings is 1. The van der Waals surface area contributed by atoms with Gasteiger partial charge in [0.25, 0.3) is 5.91 Å². The molecule has 1 aliphatic heterocycles. The lowest BCUT2D eigenvalue weighted by Gasteiger charge is -2.12. The number of rotatable bonds is 4. The summed E-state index contributed by atoms with van der Waals surface area (Å²) in [5, 5.41) is 3.42. The lowest BCUT2D eigenvalue weighted by Crippen LogP contribution is -2.31. The van der Waals surface area contributed by atoms with Gasteiger partial charge in [-0.2, -0.15) is 0 Å². The van der Waals surface area contributed by atoms with Crippen molar-refractivity contribution in [3.8, 4) is 0 Å². The third-order valence-electron chi connectivity index (χ3n) is 3.46. The van der Waals surface area contributed by atoms with Crippen LogP contribution in [-0.2, 0) is 4.79 Å². The third-order valence-corrected chi connectivity index (χ3v) is 3.78. The maximum Gasteiger partial charge on any atom is 0.276 e. The molecule has 1 aliphatic rings. The van der Waals surface area contributed by atoms with Crippen molar-refractivity contribution >= 4 is 40.3 Å². The van der Waals surface area contributed by atoms with Gasteiger partial charge < -0.3 is 5.32 Å². The van der Waals surface area contributed by atoms with E-state index in [-0.39, 0.29) is 5.91 Å². The SMILES string of the molecule is CCCCN1C(=O)C(=Cc2cnc3ccccc3n2)NC1=S. The molecule has 0 spiro atoms. The summed E-state index contributed by atoms with van der Waals surface area (Å²) >= 11 is 5.22. The van der Waals surface area contributed by atoms with Crippen molar-refractivity contribution in [2.24, 2.45) is 0 Å². The smallest absolute Gasteiger partial charge is 0.276 e. The molecule has 2 aromatic rings. The predicted octanol–water partition coefficient (Wildman–Crippen LogP) is 2.49. The number of aromatic nitrogens is 2. The summed E-state index contributed by atoms with van der Waals surface area (Å²) in [5.74, 6) is -0.103. The van der Waals surface area contributed by atoms with Crippen molar-refractivity contribution in [2.75, 3.05) is 6.54 Å². The molecule has 0 aliphatic carbocycles. The van der Waals surface area contributed by atoms with E-state index in [1.165, 1.54) is 0 Å². The van der Waals surface area contributed by atoms with Crippen LogP contribution in [0.1, 0.15) is 25.5 Å². The van der Waals surface area contributed by atoms with Gasteiger partial charge in [0.15, 0.2) is 5.11 Å². The number of unbranched alkanes of at least 4 members (excludes halogenated alkanes) is 1. The highest BCUT2D eigenvalue weighted by molar-refractivity contribution is 7.80. The molecule has 1 N–H and O–H groups in total. The normalized spacial score (nSPS) is 16.6. The van der Waals surface area contributed by atoms with E-state index in [0.717, 1.165) is 23.9 Å². The second-order valence-electron chi connectivity index (χ2n) is 5.08. The molecule has 1 fully saturated rings. The van der Waals surface area contributed by atoms with Gasteiger partial charge in [0.05, 0.1) is 22.9 Å². The molecule has 6 heteroatoms. The first kappa shape index (κ1) is 14.6. The Bertz CT molecular complexity index is 772. The summed E-state index contributed by atoms with van der Waals surface area (Å²) in [6, 6.07) is 7.63. The lowest BCUT2D eigenvalue weighted by molar-refractivity contribution is -0.122. The van der Waals surface area contributed by atoms with E-state index in [1.807, 2.05) is 24.3 Å². The molecule has 112 valence electrons. The molecule has 0 atom stereocenters. The number of thiocarbonyl (C=S) groups is 1. The van der Waals surface area contributed by atoms with Gasteiger partial charge in [-0.25, -0.2) is 4.98 Å². The van der Waals surface area contributed by atoms with E-state index >= 15 is 0 Å². The first-order valence-electron chi connectivity index (χ1n) is 7.25. The van der Waals surface area contributed by atoms with Gasteiger partial charge in [0, 0.05) is 6.54 Å². The quantitative estimate of drug-likeness (QED) is 0.694. The van der Waals surface area contributed by atoms with Crippen molar-refractivity contribution in [1.82, 2.24) is 20.2 Å². The number of amides is 1. The Balaban J connectivity index is 1.87. The summed E-state index contributed by atoms with van der Waals surface area (Å²) in [7, 11) is 0. The van der Waals surface area contributed by atoms with Crippen LogP contribution in [0.25, 0.3) is 17.1 Å². The van der Waals surface area contributed by atoms with Gasteiger partial charge >= 0.3 is 0 Å². The van der Waals surface area contributed by atoms with E-state index in [9.17, 15) is 4.79 Å². The molecule has 0 radical (unpaired) electrons. The molecule has 1 aromatic heterocycles. The number of para-hydroxylation sites is 2. The van der Waals surface area contributed by atoms with E-state index in [2.05, 4.69) is 22.2 Å². The second kappa shape index (κ2) is 6.19. The second-order valence-corrected chi connectivity index (χ2v) is 5.47. The van der Waals surface area contributed by atoms with Gasteiger partial charge in [-0.15, -0.1) is 0 Å². The zero-order chi connectivity index (χ0) is 15.5. The van der Waals surface area contributed by atoms with Crippen LogP contribution < -0.4 is 5.32 Å². The minimum Gasteiger partial charge on any atom is -0.328 e. The van der Waals surface area contributed by atoms with Crippen LogP contribution in [0, 0.1) is 0 Å². The maximum atomic E-state index is 12.3. The molecule has 0 bridgehead atoms. The first-order chi connectivity index (χ1) is 10.7. The number of carbonyl (C=O) groups is 1. The number of hydrogen-bond donors (Lipinski definition) is 1. The molecule has 0 unspecified atom stereocenters. The summed E-state index contributed by atoms with van der Waals surface area (Å²) in [4.78, 5) is 22.8. The summed E-state index contributed by atoms with van der Waals surface area (Å²) in [6.45, 7) is 2.72. The molecular weight excluding hydrogens is 296 g/mol. The van der Waals surface area contributed by atoms with Crippen LogP contribution in [0.5, 0.6) is 0 Å². The monoisotopic (exact) mass is 312 g/mol.